The third-order valence-corrected chi connectivity index (χ3v) is 3.84. The number of nitrogens with zero attached hydrogens (tertiary/aromatic N) is 1. The molecule has 1 aliphatic heterocycles. The minimum Gasteiger partial charge on any atom is -0.492 e. The van der Waals surface area contributed by atoms with E-state index in [0.717, 1.165) is 24.5 Å². The van der Waals surface area contributed by atoms with Gasteiger partial charge in [0.05, 0.1) is 0 Å². The fourth-order valence-electron chi connectivity index (χ4n) is 2.58. The van der Waals surface area contributed by atoms with E-state index >= 15 is 0 Å². The van der Waals surface area contributed by atoms with Gasteiger partial charge >= 0.3 is 0 Å². The van der Waals surface area contributed by atoms with Gasteiger partial charge in [-0.3, -0.25) is 9.69 Å². The molecule has 2 rings (SSSR count). The third kappa shape index (κ3) is 6.17. The largest absolute Gasteiger partial charge is 0.492 e. The average Bonchev–Trinajstić information content (AvgIpc) is 2.75. The number of carbonyl (C=O) groups is 1. The van der Waals surface area contributed by atoms with Gasteiger partial charge in [-0.1, -0.05) is 25.0 Å². The molecule has 21 heavy (non-hydrogen) atoms. The minimum absolute atomic E-state index is 0.00669. The van der Waals surface area contributed by atoms with Crippen molar-refractivity contribution in [1.82, 2.24) is 10.2 Å². The highest BCUT2D eigenvalue weighted by Gasteiger charge is 2.08. The number of nitrogens with one attached hydrogen (secondary N) is 1. The summed E-state index contributed by atoms with van der Waals surface area (Å²) in [6, 6.07) is 7.94. The molecule has 1 heterocycles. The van der Waals surface area contributed by atoms with Gasteiger partial charge in [-0.05, 0) is 43.6 Å². The van der Waals surface area contributed by atoms with Crippen LogP contribution in [0.3, 0.4) is 0 Å². The molecule has 1 aromatic rings. The SMILES string of the molecule is CC(=O)NCc1ccc(OCCN2CCCCCC2)cc1. The fraction of sp³-hybridized carbons (Fsp3) is 0.588. The Morgan fingerprint density at radius 1 is 1.14 bits per heavy atom. The number of likely N-dealkylation sites (tertiary alicyclic amines) is 1. The lowest BCUT2D eigenvalue weighted by atomic mass is 10.2. The van der Waals surface area contributed by atoms with E-state index in [0.29, 0.717) is 6.54 Å². The summed E-state index contributed by atoms with van der Waals surface area (Å²) in [6.45, 7) is 6.26. The summed E-state index contributed by atoms with van der Waals surface area (Å²) in [7, 11) is 0. The number of carbonyl (C=O) groups excluding carboxylic acids is 1. The van der Waals surface area contributed by atoms with Crippen LogP contribution in [0.15, 0.2) is 24.3 Å². The van der Waals surface area contributed by atoms with Crippen molar-refractivity contribution in [2.24, 2.45) is 0 Å². The van der Waals surface area contributed by atoms with Crippen LogP contribution in [-0.2, 0) is 11.3 Å². The van der Waals surface area contributed by atoms with Crippen molar-refractivity contribution in [3.8, 4) is 5.75 Å². The summed E-state index contributed by atoms with van der Waals surface area (Å²) < 4.78 is 5.80. The normalized spacial score (nSPS) is 16.2. The van der Waals surface area contributed by atoms with Gasteiger partial charge in [-0.2, -0.15) is 0 Å². The van der Waals surface area contributed by atoms with E-state index in [4.69, 9.17) is 4.74 Å². The number of ether oxygens (including phenoxy) is 1. The van der Waals surface area contributed by atoms with E-state index in [9.17, 15) is 4.79 Å². The second-order valence-corrected chi connectivity index (χ2v) is 5.66. The highest BCUT2D eigenvalue weighted by molar-refractivity contribution is 5.72. The lowest BCUT2D eigenvalue weighted by molar-refractivity contribution is -0.119. The van der Waals surface area contributed by atoms with Gasteiger partial charge in [0.25, 0.3) is 0 Å². The topological polar surface area (TPSA) is 41.6 Å². The van der Waals surface area contributed by atoms with Crippen LogP contribution >= 0.6 is 0 Å². The highest BCUT2D eigenvalue weighted by Crippen LogP contribution is 2.13. The van der Waals surface area contributed by atoms with Gasteiger partial charge in [0.2, 0.25) is 5.91 Å². The Bertz CT molecular complexity index is 423. The van der Waals surface area contributed by atoms with Crippen LogP contribution in [0.4, 0.5) is 0 Å². The Kier molecular flexibility index (Phi) is 6.54. The summed E-state index contributed by atoms with van der Waals surface area (Å²) in [5.74, 6) is 0.893. The molecule has 1 fully saturated rings. The van der Waals surface area contributed by atoms with Crippen LogP contribution in [-0.4, -0.2) is 37.0 Å². The van der Waals surface area contributed by atoms with Gasteiger partial charge in [0.1, 0.15) is 12.4 Å². The van der Waals surface area contributed by atoms with Crippen LogP contribution in [0.25, 0.3) is 0 Å². The molecule has 4 nitrogen and oxygen atoms in total. The van der Waals surface area contributed by atoms with E-state index in [-0.39, 0.29) is 5.91 Å². The van der Waals surface area contributed by atoms with Crippen molar-refractivity contribution in [2.45, 2.75) is 39.2 Å². The van der Waals surface area contributed by atoms with Gasteiger partial charge in [-0.25, -0.2) is 0 Å². The second-order valence-electron chi connectivity index (χ2n) is 5.66. The Labute approximate surface area is 127 Å². The van der Waals surface area contributed by atoms with Crippen molar-refractivity contribution in [2.75, 3.05) is 26.2 Å². The zero-order valence-electron chi connectivity index (χ0n) is 12.9. The quantitative estimate of drug-likeness (QED) is 0.875. The molecule has 0 radical (unpaired) electrons. The van der Waals surface area contributed by atoms with Crippen LogP contribution in [0.1, 0.15) is 38.2 Å². The molecule has 0 spiro atoms. The highest BCUT2D eigenvalue weighted by atomic mass is 16.5. The van der Waals surface area contributed by atoms with Gasteiger partial charge in [0, 0.05) is 20.0 Å². The molecular formula is C17H26N2O2. The van der Waals surface area contributed by atoms with E-state index < -0.39 is 0 Å². The standard InChI is InChI=1S/C17H26N2O2/c1-15(20)18-14-16-6-8-17(9-7-16)21-13-12-19-10-4-2-3-5-11-19/h6-9H,2-5,10-14H2,1H3,(H,18,20). The first-order valence-electron chi connectivity index (χ1n) is 7.92. The first-order valence-corrected chi connectivity index (χ1v) is 7.92. The van der Waals surface area contributed by atoms with E-state index in [1.54, 1.807) is 0 Å². The van der Waals surface area contributed by atoms with Crippen molar-refractivity contribution < 1.29 is 9.53 Å². The molecule has 0 bridgehead atoms. The smallest absolute Gasteiger partial charge is 0.217 e. The second kappa shape index (κ2) is 8.67. The zero-order valence-corrected chi connectivity index (χ0v) is 12.9. The Morgan fingerprint density at radius 3 is 2.43 bits per heavy atom. The van der Waals surface area contributed by atoms with Crippen LogP contribution in [0.2, 0.25) is 0 Å². The Balaban J connectivity index is 1.69. The van der Waals surface area contributed by atoms with Crippen LogP contribution in [0, 0.1) is 0 Å². The predicted octanol–water partition coefficient (Wildman–Crippen LogP) is 2.58. The summed E-state index contributed by atoms with van der Waals surface area (Å²) in [4.78, 5) is 13.4. The summed E-state index contributed by atoms with van der Waals surface area (Å²) in [6.07, 6.45) is 5.37. The molecular weight excluding hydrogens is 264 g/mol. The van der Waals surface area contributed by atoms with Crippen LogP contribution < -0.4 is 10.1 Å². The fourth-order valence-corrected chi connectivity index (χ4v) is 2.58. The lowest BCUT2D eigenvalue weighted by Gasteiger charge is -2.19. The number of hydrogen-bond donors (Lipinski definition) is 1. The van der Waals surface area contributed by atoms with Crippen molar-refractivity contribution in [3.63, 3.8) is 0 Å². The summed E-state index contributed by atoms with van der Waals surface area (Å²) in [5.41, 5.74) is 1.09. The zero-order chi connectivity index (χ0) is 14.9. The van der Waals surface area contributed by atoms with Crippen molar-refractivity contribution >= 4 is 5.91 Å². The molecule has 1 aliphatic rings. The third-order valence-electron chi connectivity index (χ3n) is 3.84. The van der Waals surface area contributed by atoms with Crippen molar-refractivity contribution in [3.05, 3.63) is 29.8 Å². The van der Waals surface area contributed by atoms with E-state index in [1.165, 1.54) is 45.7 Å². The molecule has 1 N–H and O–H groups in total. The van der Waals surface area contributed by atoms with Gasteiger partial charge in [-0.15, -0.1) is 0 Å². The number of amides is 1. The maximum absolute atomic E-state index is 10.9. The number of benzene rings is 1. The molecule has 0 saturated carbocycles. The predicted molar refractivity (Wildman–Crippen MR) is 84.4 cm³/mol. The van der Waals surface area contributed by atoms with E-state index in [1.807, 2.05) is 24.3 Å². The lowest BCUT2D eigenvalue weighted by Crippen LogP contribution is -2.29. The molecule has 0 aliphatic carbocycles. The van der Waals surface area contributed by atoms with Gasteiger partial charge in [0.15, 0.2) is 0 Å². The summed E-state index contributed by atoms with van der Waals surface area (Å²) >= 11 is 0. The Morgan fingerprint density at radius 2 is 1.81 bits per heavy atom. The Hall–Kier alpha value is -1.55. The minimum atomic E-state index is -0.00669. The first kappa shape index (κ1) is 15.8. The first-order chi connectivity index (χ1) is 10.2. The number of rotatable bonds is 6. The monoisotopic (exact) mass is 290 g/mol. The molecule has 0 atom stereocenters. The maximum atomic E-state index is 10.9. The van der Waals surface area contributed by atoms with Crippen molar-refractivity contribution in [1.29, 1.82) is 0 Å². The average molecular weight is 290 g/mol. The molecule has 4 heteroatoms. The van der Waals surface area contributed by atoms with E-state index in [2.05, 4.69) is 10.2 Å². The molecule has 116 valence electrons. The maximum Gasteiger partial charge on any atom is 0.217 e. The molecule has 0 aromatic heterocycles. The molecule has 1 saturated heterocycles. The molecule has 1 amide bonds. The molecule has 0 unspecified atom stereocenters. The van der Waals surface area contributed by atoms with Gasteiger partial charge < -0.3 is 10.1 Å². The summed E-state index contributed by atoms with van der Waals surface area (Å²) in [5, 5.41) is 2.79. The van der Waals surface area contributed by atoms with Crippen LogP contribution in [0.5, 0.6) is 5.75 Å². The number of hydrogen-bond acceptors (Lipinski definition) is 3. The molecule has 1 aromatic carbocycles.